The fourth-order valence-corrected chi connectivity index (χ4v) is 4.83. The average Bonchev–Trinajstić information content (AvgIpc) is 2.76. The van der Waals surface area contributed by atoms with E-state index in [2.05, 4.69) is 53.0 Å². The molecular weight excluding hydrogens is 320 g/mol. The number of nitrogens with two attached hydrogens (primary N) is 1. The fourth-order valence-electron chi connectivity index (χ4n) is 3.04. The van der Waals surface area contributed by atoms with Crippen molar-refractivity contribution < 1.29 is 0 Å². The molecule has 0 saturated carbocycles. The maximum absolute atomic E-state index is 6.03. The minimum atomic E-state index is 0.385. The van der Waals surface area contributed by atoms with Gasteiger partial charge in [0.1, 0.15) is 0 Å². The number of rotatable bonds is 3. The lowest BCUT2D eigenvalue weighted by Gasteiger charge is -2.41. The molecule has 0 aliphatic carbocycles. The van der Waals surface area contributed by atoms with Crippen LogP contribution in [0, 0.1) is 11.3 Å². The van der Waals surface area contributed by atoms with E-state index in [0.29, 0.717) is 18.0 Å². The minimum absolute atomic E-state index is 0.385. The molecule has 0 amide bonds. The van der Waals surface area contributed by atoms with Crippen molar-refractivity contribution in [3.05, 3.63) is 20.8 Å². The summed E-state index contributed by atoms with van der Waals surface area (Å²) in [5.74, 6) is 0.842. The Kier molecular flexibility index (Phi) is 5.09. The van der Waals surface area contributed by atoms with Crippen LogP contribution in [0.25, 0.3) is 0 Å². The Hall–Kier alpha value is 0.100. The molecule has 1 aliphatic rings. The summed E-state index contributed by atoms with van der Waals surface area (Å²) < 4.78 is 1.21. The van der Waals surface area contributed by atoms with Crippen molar-refractivity contribution in [3.63, 3.8) is 0 Å². The van der Waals surface area contributed by atoms with Gasteiger partial charge in [-0.1, -0.05) is 20.8 Å². The van der Waals surface area contributed by atoms with E-state index in [1.54, 1.807) is 0 Å². The zero-order chi connectivity index (χ0) is 14.0. The number of thiophene rings is 1. The second-order valence-electron chi connectivity index (χ2n) is 6.56. The van der Waals surface area contributed by atoms with Gasteiger partial charge in [0, 0.05) is 15.9 Å². The molecule has 0 radical (unpaired) electrons. The normalized spacial score (nSPS) is 20.7. The highest BCUT2D eigenvalue weighted by molar-refractivity contribution is 9.10. The molecule has 1 saturated heterocycles. The molecule has 2 nitrogen and oxygen atoms in total. The van der Waals surface area contributed by atoms with Crippen LogP contribution in [0.2, 0.25) is 0 Å². The van der Waals surface area contributed by atoms with Crippen molar-refractivity contribution in [1.29, 1.82) is 0 Å². The molecule has 0 bridgehead atoms. The van der Waals surface area contributed by atoms with Gasteiger partial charge in [0.15, 0.2) is 0 Å². The molecule has 1 aromatic rings. The van der Waals surface area contributed by atoms with E-state index in [4.69, 9.17) is 5.73 Å². The standard InChI is InChI=1S/C15H25BrN2S/c1-15(2,3)11-4-7-18(8-5-11)13(10-17)14-12(16)6-9-19-14/h6,9,11,13H,4-5,7-8,10,17H2,1-3H3. The molecule has 19 heavy (non-hydrogen) atoms. The molecule has 4 heteroatoms. The van der Waals surface area contributed by atoms with E-state index in [9.17, 15) is 0 Å². The average molecular weight is 345 g/mol. The van der Waals surface area contributed by atoms with Crippen molar-refractivity contribution in [2.24, 2.45) is 17.1 Å². The third kappa shape index (κ3) is 3.60. The molecule has 1 aromatic heterocycles. The van der Waals surface area contributed by atoms with Gasteiger partial charge in [-0.25, -0.2) is 0 Å². The van der Waals surface area contributed by atoms with Crippen molar-refractivity contribution >= 4 is 27.3 Å². The first-order valence-corrected chi connectivity index (χ1v) is 8.77. The largest absolute Gasteiger partial charge is 0.329 e. The summed E-state index contributed by atoms with van der Waals surface area (Å²) in [6.45, 7) is 10.2. The van der Waals surface area contributed by atoms with E-state index in [1.807, 2.05) is 11.3 Å². The summed E-state index contributed by atoms with van der Waals surface area (Å²) in [4.78, 5) is 3.95. The van der Waals surface area contributed by atoms with Crippen LogP contribution in [0.1, 0.15) is 44.5 Å². The summed E-state index contributed by atoms with van der Waals surface area (Å²) in [6.07, 6.45) is 2.59. The zero-order valence-electron chi connectivity index (χ0n) is 12.2. The Bertz CT molecular complexity index is 403. The van der Waals surface area contributed by atoms with Crippen LogP contribution in [-0.4, -0.2) is 24.5 Å². The van der Waals surface area contributed by atoms with Crippen LogP contribution in [0.4, 0.5) is 0 Å². The fraction of sp³-hybridized carbons (Fsp3) is 0.733. The summed E-state index contributed by atoms with van der Waals surface area (Å²) in [5, 5.41) is 2.14. The van der Waals surface area contributed by atoms with Gasteiger partial charge < -0.3 is 5.73 Å². The molecule has 1 aliphatic heterocycles. The van der Waals surface area contributed by atoms with Crippen LogP contribution in [0.5, 0.6) is 0 Å². The topological polar surface area (TPSA) is 29.3 Å². The van der Waals surface area contributed by atoms with Crippen molar-refractivity contribution in [2.75, 3.05) is 19.6 Å². The second kappa shape index (κ2) is 6.25. The molecule has 2 rings (SSSR count). The lowest BCUT2D eigenvalue weighted by atomic mass is 9.75. The Labute approximate surface area is 129 Å². The summed E-state index contributed by atoms with van der Waals surface area (Å²) in [7, 11) is 0. The van der Waals surface area contributed by atoms with E-state index in [1.165, 1.54) is 35.3 Å². The smallest absolute Gasteiger partial charge is 0.0575 e. The van der Waals surface area contributed by atoms with Gasteiger partial charge in [-0.15, -0.1) is 11.3 Å². The molecule has 0 spiro atoms. The first kappa shape index (κ1) is 15.5. The maximum atomic E-state index is 6.03. The van der Waals surface area contributed by atoms with Crippen molar-refractivity contribution in [2.45, 2.75) is 39.7 Å². The Morgan fingerprint density at radius 2 is 2.05 bits per heavy atom. The van der Waals surface area contributed by atoms with Gasteiger partial charge in [0.05, 0.1) is 6.04 Å². The van der Waals surface area contributed by atoms with Gasteiger partial charge >= 0.3 is 0 Å². The van der Waals surface area contributed by atoms with Crippen LogP contribution in [-0.2, 0) is 0 Å². The number of hydrogen-bond acceptors (Lipinski definition) is 3. The number of hydrogen-bond donors (Lipinski definition) is 1. The van der Waals surface area contributed by atoms with E-state index in [-0.39, 0.29) is 0 Å². The first-order valence-electron chi connectivity index (χ1n) is 7.10. The van der Waals surface area contributed by atoms with Gasteiger partial charge in [-0.2, -0.15) is 0 Å². The number of likely N-dealkylation sites (tertiary alicyclic amines) is 1. The van der Waals surface area contributed by atoms with E-state index >= 15 is 0 Å². The Morgan fingerprint density at radius 3 is 2.47 bits per heavy atom. The van der Waals surface area contributed by atoms with Crippen LogP contribution < -0.4 is 5.73 Å². The van der Waals surface area contributed by atoms with E-state index in [0.717, 1.165) is 5.92 Å². The number of nitrogens with zero attached hydrogens (tertiary/aromatic N) is 1. The first-order chi connectivity index (χ1) is 8.93. The predicted molar refractivity (Wildman–Crippen MR) is 87.6 cm³/mol. The molecular formula is C15H25BrN2S. The van der Waals surface area contributed by atoms with Gasteiger partial charge in [-0.05, 0) is 64.6 Å². The lowest BCUT2D eigenvalue weighted by Crippen LogP contribution is -2.42. The van der Waals surface area contributed by atoms with Crippen LogP contribution in [0.3, 0.4) is 0 Å². The summed E-state index contributed by atoms with van der Waals surface area (Å²) >= 11 is 5.46. The van der Waals surface area contributed by atoms with Gasteiger partial charge in [0.2, 0.25) is 0 Å². The van der Waals surface area contributed by atoms with Crippen molar-refractivity contribution in [3.8, 4) is 0 Å². The van der Waals surface area contributed by atoms with E-state index < -0.39 is 0 Å². The molecule has 108 valence electrons. The summed E-state index contributed by atoms with van der Waals surface area (Å²) in [5.41, 5.74) is 6.47. The monoisotopic (exact) mass is 344 g/mol. The molecule has 1 atom stereocenters. The Balaban J connectivity index is 2.02. The third-order valence-corrected chi connectivity index (χ3v) is 6.34. The van der Waals surface area contributed by atoms with Crippen LogP contribution in [0.15, 0.2) is 15.9 Å². The van der Waals surface area contributed by atoms with Gasteiger partial charge in [-0.3, -0.25) is 4.90 Å². The summed E-state index contributed by atoms with van der Waals surface area (Å²) in [6, 6.07) is 2.51. The van der Waals surface area contributed by atoms with Crippen LogP contribution >= 0.6 is 27.3 Å². The maximum Gasteiger partial charge on any atom is 0.0575 e. The third-order valence-electron chi connectivity index (χ3n) is 4.37. The predicted octanol–water partition coefficient (Wildman–Crippen LogP) is 4.27. The zero-order valence-corrected chi connectivity index (χ0v) is 14.6. The molecule has 2 N–H and O–H groups in total. The molecule has 0 aromatic carbocycles. The number of piperidine rings is 1. The molecule has 2 heterocycles. The SMILES string of the molecule is CC(C)(C)C1CCN(C(CN)c2sccc2Br)CC1. The van der Waals surface area contributed by atoms with Crippen molar-refractivity contribution in [1.82, 2.24) is 4.90 Å². The minimum Gasteiger partial charge on any atom is -0.329 e. The highest BCUT2D eigenvalue weighted by atomic mass is 79.9. The molecule has 1 fully saturated rings. The second-order valence-corrected chi connectivity index (χ2v) is 8.36. The highest BCUT2D eigenvalue weighted by Crippen LogP contribution is 2.38. The highest BCUT2D eigenvalue weighted by Gasteiger charge is 2.32. The van der Waals surface area contributed by atoms with Gasteiger partial charge in [0.25, 0.3) is 0 Å². The quantitative estimate of drug-likeness (QED) is 0.886. The number of halogens is 1. The Morgan fingerprint density at radius 1 is 1.42 bits per heavy atom. The molecule has 1 unspecified atom stereocenters. The lowest BCUT2D eigenvalue weighted by molar-refractivity contribution is 0.0855.